The van der Waals surface area contributed by atoms with Crippen molar-refractivity contribution in [2.45, 2.75) is 26.9 Å². The highest BCUT2D eigenvalue weighted by Crippen LogP contribution is 2.09. The van der Waals surface area contributed by atoms with Crippen molar-refractivity contribution in [3.63, 3.8) is 0 Å². The fourth-order valence-electron chi connectivity index (χ4n) is 2.24. The molecule has 0 saturated heterocycles. The lowest BCUT2D eigenvalue weighted by atomic mass is 10.1. The monoisotopic (exact) mass is 309 g/mol. The number of carbonyl (C=O) groups excluding carboxylic acids is 1. The Bertz CT molecular complexity index is 801. The molecule has 0 saturated carbocycles. The largest absolute Gasteiger partial charge is 0.304 e. The molecule has 0 spiro atoms. The van der Waals surface area contributed by atoms with Gasteiger partial charge in [0.15, 0.2) is 11.5 Å². The Kier molecular flexibility index (Phi) is 4.23. The Balaban J connectivity index is 1.64. The number of benzene rings is 1. The molecule has 0 fully saturated rings. The maximum Gasteiger partial charge on any atom is 0.277 e. The fraction of sp³-hybridized carbons (Fsp3) is 0.235. The van der Waals surface area contributed by atoms with Gasteiger partial charge in [-0.1, -0.05) is 29.8 Å². The van der Waals surface area contributed by atoms with Crippen molar-refractivity contribution in [2.75, 3.05) is 5.32 Å². The van der Waals surface area contributed by atoms with E-state index < -0.39 is 0 Å². The number of aromatic nitrogens is 4. The van der Waals surface area contributed by atoms with Crippen LogP contribution >= 0.6 is 0 Å². The molecule has 1 aromatic carbocycles. The van der Waals surface area contributed by atoms with Crippen LogP contribution in [0.2, 0.25) is 0 Å². The molecule has 6 nitrogen and oxygen atoms in total. The van der Waals surface area contributed by atoms with Crippen molar-refractivity contribution in [1.82, 2.24) is 19.6 Å². The van der Waals surface area contributed by atoms with Crippen LogP contribution in [0.25, 0.3) is 0 Å². The van der Waals surface area contributed by atoms with Crippen LogP contribution in [0.3, 0.4) is 0 Å². The van der Waals surface area contributed by atoms with Crippen molar-refractivity contribution in [3.05, 3.63) is 65.6 Å². The zero-order valence-corrected chi connectivity index (χ0v) is 13.2. The molecule has 0 radical (unpaired) electrons. The van der Waals surface area contributed by atoms with Crippen LogP contribution < -0.4 is 5.32 Å². The standard InChI is InChI=1S/C17H19N5O/c1-3-21-10-8-15(19-21)17(23)18-16-9-11-22(20-16)12-14-6-4-13(2)5-7-14/h4-11H,3,12H2,1-2H3,(H,18,20,23). The molecule has 3 aromatic rings. The van der Waals surface area contributed by atoms with Crippen LogP contribution in [0.5, 0.6) is 0 Å². The van der Waals surface area contributed by atoms with E-state index in [1.54, 1.807) is 27.7 Å². The zero-order valence-electron chi connectivity index (χ0n) is 13.2. The second-order valence-electron chi connectivity index (χ2n) is 5.39. The summed E-state index contributed by atoms with van der Waals surface area (Å²) in [6, 6.07) is 11.8. The smallest absolute Gasteiger partial charge is 0.277 e. The summed E-state index contributed by atoms with van der Waals surface area (Å²) in [7, 11) is 0. The van der Waals surface area contributed by atoms with Gasteiger partial charge in [-0.2, -0.15) is 10.2 Å². The van der Waals surface area contributed by atoms with Crippen LogP contribution in [0.1, 0.15) is 28.5 Å². The first-order chi connectivity index (χ1) is 11.1. The van der Waals surface area contributed by atoms with Gasteiger partial charge in [0, 0.05) is 25.0 Å². The highest BCUT2D eigenvalue weighted by atomic mass is 16.2. The quantitative estimate of drug-likeness (QED) is 0.788. The average molecular weight is 309 g/mol. The predicted octanol–water partition coefficient (Wildman–Crippen LogP) is 2.71. The molecule has 0 bridgehead atoms. The molecule has 118 valence electrons. The summed E-state index contributed by atoms with van der Waals surface area (Å²) < 4.78 is 3.51. The first-order valence-corrected chi connectivity index (χ1v) is 7.58. The maximum absolute atomic E-state index is 12.1. The molecular weight excluding hydrogens is 290 g/mol. The Hall–Kier alpha value is -2.89. The minimum Gasteiger partial charge on any atom is -0.304 e. The van der Waals surface area contributed by atoms with Crippen LogP contribution in [-0.2, 0) is 13.1 Å². The fourth-order valence-corrected chi connectivity index (χ4v) is 2.24. The molecular formula is C17H19N5O. The summed E-state index contributed by atoms with van der Waals surface area (Å²) in [6.45, 7) is 5.44. The lowest BCUT2D eigenvalue weighted by Gasteiger charge is -2.03. The second-order valence-corrected chi connectivity index (χ2v) is 5.39. The van der Waals surface area contributed by atoms with Gasteiger partial charge >= 0.3 is 0 Å². The molecule has 1 amide bonds. The van der Waals surface area contributed by atoms with E-state index in [4.69, 9.17) is 0 Å². The third-order valence-electron chi connectivity index (χ3n) is 3.54. The van der Waals surface area contributed by atoms with Crippen molar-refractivity contribution < 1.29 is 4.79 Å². The van der Waals surface area contributed by atoms with Crippen LogP contribution in [0.4, 0.5) is 5.82 Å². The molecule has 3 rings (SSSR count). The molecule has 6 heteroatoms. The van der Waals surface area contributed by atoms with E-state index >= 15 is 0 Å². The number of hydrogen-bond donors (Lipinski definition) is 1. The molecule has 0 unspecified atom stereocenters. The highest BCUT2D eigenvalue weighted by molar-refractivity contribution is 6.02. The summed E-state index contributed by atoms with van der Waals surface area (Å²) in [4.78, 5) is 12.1. The number of carbonyl (C=O) groups is 1. The maximum atomic E-state index is 12.1. The Morgan fingerprint density at radius 3 is 2.48 bits per heavy atom. The van der Waals surface area contributed by atoms with Crippen molar-refractivity contribution >= 4 is 11.7 Å². The number of amides is 1. The normalized spacial score (nSPS) is 10.7. The number of hydrogen-bond acceptors (Lipinski definition) is 3. The average Bonchev–Trinajstić information content (AvgIpc) is 3.19. The molecule has 23 heavy (non-hydrogen) atoms. The van der Waals surface area contributed by atoms with E-state index in [0.29, 0.717) is 18.1 Å². The number of anilines is 1. The summed E-state index contributed by atoms with van der Waals surface area (Å²) in [5.41, 5.74) is 2.78. The Morgan fingerprint density at radius 2 is 1.78 bits per heavy atom. The van der Waals surface area contributed by atoms with Crippen molar-refractivity contribution in [1.29, 1.82) is 0 Å². The first-order valence-electron chi connectivity index (χ1n) is 7.58. The number of nitrogens with one attached hydrogen (secondary N) is 1. The number of nitrogens with zero attached hydrogens (tertiary/aromatic N) is 4. The minimum absolute atomic E-state index is 0.252. The van der Waals surface area contributed by atoms with Crippen LogP contribution in [0, 0.1) is 6.92 Å². The second kappa shape index (κ2) is 6.48. The van der Waals surface area contributed by atoms with Crippen LogP contribution in [-0.4, -0.2) is 25.5 Å². The predicted molar refractivity (Wildman–Crippen MR) is 88.4 cm³/mol. The molecule has 0 aliphatic rings. The van der Waals surface area contributed by atoms with Gasteiger partial charge in [-0.15, -0.1) is 0 Å². The van der Waals surface area contributed by atoms with Gasteiger partial charge in [-0.25, -0.2) is 0 Å². The minimum atomic E-state index is -0.252. The lowest BCUT2D eigenvalue weighted by molar-refractivity contribution is 0.102. The zero-order chi connectivity index (χ0) is 16.2. The van der Waals surface area contributed by atoms with Gasteiger partial charge in [0.25, 0.3) is 5.91 Å². The number of rotatable bonds is 5. The summed E-state index contributed by atoms with van der Waals surface area (Å²) >= 11 is 0. The molecule has 0 aliphatic heterocycles. The van der Waals surface area contributed by atoms with Gasteiger partial charge in [0.05, 0.1) is 6.54 Å². The summed E-state index contributed by atoms with van der Waals surface area (Å²) in [5, 5.41) is 11.3. The third-order valence-corrected chi connectivity index (χ3v) is 3.54. The molecule has 0 atom stereocenters. The first kappa shape index (κ1) is 15.0. The van der Waals surface area contributed by atoms with Gasteiger partial charge in [-0.3, -0.25) is 14.2 Å². The molecule has 1 N–H and O–H groups in total. The lowest BCUT2D eigenvalue weighted by Crippen LogP contribution is -2.14. The van der Waals surface area contributed by atoms with Gasteiger partial charge in [0.2, 0.25) is 0 Å². The van der Waals surface area contributed by atoms with E-state index in [9.17, 15) is 4.79 Å². The van der Waals surface area contributed by atoms with E-state index in [-0.39, 0.29) is 5.91 Å². The van der Waals surface area contributed by atoms with Gasteiger partial charge in [-0.05, 0) is 25.5 Å². The van der Waals surface area contributed by atoms with Crippen molar-refractivity contribution in [3.8, 4) is 0 Å². The summed E-state index contributed by atoms with van der Waals surface area (Å²) in [5.74, 6) is 0.269. The highest BCUT2D eigenvalue weighted by Gasteiger charge is 2.11. The SMILES string of the molecule is CCn1ccc(C(=O)Nc2ccn(Cc3ccc(C)cc3)n2)n1. The molecule has 2 aromatic heterocycles. The summed E-state index contributed by atoms with van der Waals surface area (Å²) in [6.07, 6.45) is 3.63. The van der Waals surface area contributed by atoms with E-state index in [1.165, 1.54) is 11.1 Å². The van der Waals surface area contributed by atoms with Crippen LogP contribution in [0.15, 0.2) is 48.8 Å². The molecule has 2 heterocycles. The topological polar surface area (TPSA) is 64.7 Å². The van der Waals surface area contributed by atoms with Crippen molar-refractivity contribution in [2.24, 2.45) is 0 Å². The molecule has 0 aliphatic carbocycles. The van der Waals surface area contributed by atoms with E-state index in [1.807, 2.05) is 13.1 Å². The Labute approximate surface area is 134 Å². The number of aryl methyl sites for hydroxylation is 2. The Morgan fingerprint density at radius 1 is 1.04 bits per heavy atom. The van der Waals surface area contributed by atoms with Gasteiger partial charge < -0.3 is 5.32 Å². The van der Waals surface area contributed by atoms with E-state index in [2.05, 4.69) is 46.7 Å². The van der Waals surface area contributed by atoms with E-state index in [0.717, 1.165) is 6.54 Å². The third kappa shape index (κ3) is 3.66. The van der Waals surface area contributed by atoms with Gasteiger partial charge in [0.1, 0.15) is 0 Å².